The number of nitriles is 1. The molecule has 9 heavy (non-hydrogen) atoms. The summed E-state index contributed by atoms with van der Waals surface area (Å²) in [5, 5.41) is 17.2. The van der Waals surface area contributed by atoms with Gasteiger partial charge in [-0.1, -0.05) is 12.2 Å². The number of rotatable bonds is 1. The first kappa shape index (κ1) is 6.31. The van der Waals surface area contributed by atoms with Crippen LogP contribution in [0.3, 0.4) is 0 Å². The Bertz CT molecular complexity index is 157. The lowest BCUT2D eigenvalue weighted by molar-refractivity contribution is 0.210. The van der Waals surface area contributed by atoms with Gasteiger partial charge < -0.3 is 5.11 Å². The maximum atomic E-state index is 8.93. The van der Waals surface area contributed by atoms with E-state index in [-0.39, 0.29) is 6.10 Å². The Morgan fingerprint density at radius 1 is 1.67 bits per heavy atom. The van der Waals surface area contributed by atoms with Crippen molar-refractivity contribution in [3.63, 3.8) is 0 Å². The van der Waals surface area contributed by atoms with E-state index in [1.165, 1.54) is 0 Å². The van der Waals surface area contributed by atoms with Crippen LogP contribution in [0.4, 0.5) is 0 Å². The van der Waals surface area contributed by atoms with Gasteiger partial charge >= 0.3 is 0 Å². The molecule has 2 heteroatoms. The van der Waals surface area contributed by atoms with Gasteiger partial charge in [-0.3, -0.25) is 0 Å². The molecule has 1 N–H and O–H groups in total. The van der Waals surface area contributed by atoms with Gasteiger partial charge in [0.15, 0.2) is 0 Å². The fourth-order valence-corrected chi connectivity index (χ4v) is 1.02. The van der Waals surface area contributed by atoms with Crippen molar-refractivity contribution in [3.05, 3.63) is 12.2 Å². The Morgan fingerprint density at radius 2 is 2.44 bits per heavy atom. The third-order valence-electron chi connectivity index (χ3n) is 1.50. The topological polar surface area (TPSA) is 44.0 Å². The molecule has 0 fully saturated rings. The highest BCUT2D eigenvalue weighted by atomic mass is 16.3. The molecule has 2 nitrogen and oxygen atoms in total. The minimum atomic E-state index is -0.302. The first-order valence-corrected chi connectivity index (χ1v) is 3.06. The van der Waals surface area contributed by atoms with Crippen molar-refractivity contribution < 1.29 is 5.11 Å². The van der Waals surface area contributed by atoms with Gasteiger partial charge in [-0.25, -0.2) is 0 Å². The predicted octanol–water partition coefficient (Wildman–Crippen LogP) is 0.837. The Hall–Kier alpha value is -0.810. The monoisotopic (exact) mass is 123 g/mol. The molecule has 0 aliphatic heterocycles. The van der Waals surface area contributed by atoms with Crippen LogP contribution in [0.15, 0.2) is 12.2 Å². The predicted molar refractivity (Wildman–Crippen MR) is 33.5 cm³/mol. The minimum Gasteiger partial charge on any atom is -0.389 e. The third-order valence-corrected chi connectivity index (χ3v) is 1.50. The lowest BCUT2D eigenvalue weighted by atomic mass is 10.1. The normalized spacial score (nSPS) is 32.4. The van der Waals surface area contributed by atoms with Gasteiger partial charge in [0, 0.05) is 6.42 Å². The number of allylic oxidation sites excluding steroid dienone is 1. The lowest BCUT2D eigenvalue weighted by Gasteiger charge is -2.00. The van der Waals surface area contributed by atoms with Gasteiger partial charge in [0.1, 0.15) is 0 Å². The highest BCUT2D eigenvalue weighted by Crippen LogP contribution is 2.19. The largest absolute Gasteiger partial charge is 0.389 e. The standard InChI is InChI=1S/C7H9NO/c8-4-3-6-1-2-7(9)5-6/h1-2,6-7,9H,3,5H2. The summed E-state index contributed by atoms with van der Waals surface area (Å²) in [4.78, 5) is 0. The third kappa shape index (κ3) is 1.55. The fourth-order valence-electron chi connectivity index (χ4n) is 1.02. The van der Waals surface area contributed by atoms with Crippen LogP contribution in [-0.4, -0.2) is 11.2 Å². The number of hydrogen-bond acceptors (Lipinski definition) is 2. The smallest absolute Gasteiger partial charge is 0.0727 e. The van der Waals surface area contributed by atoms with Crippen molar-refractivity contribution in [2.75, 3.05) is 0 Å². The molecular formula is C7H9NO. The van der Waals surface area contributed by atoms with Gasteiger partial charge in [0.25, 0.3) is 0 Å². The molecule has 0 amide bonds. The average Bonchev–Trinajstić information content (AvgIpc) is 2.17. The molecule has 0 spiro atoms. The van der Waals surface area contributed by atoms with Gasteiger partial charge in [0.05, 0.1) is 12.2 Å². The summed E-state index contributed by atoms with van der Waals surface area (Å²) in [5.74, 6) is 0.296. The first-order valence-electron chi connectivity index (χ1n) is 3.06. The second kappa shape index (κ2) is 2.65. The van der Waals surface area contributed by atoms with Crippen molar-refractivity contribution >= 4 is 0 Å². The molecule has 2 atom stereocenters. The molecule has 0 radical (unpaired) electrons. The van der Waals surface area contributed by atoms with E-state index in [9.17, 15) is 0 Å². The van der Waals surface area contributed by atoms with Crippen LogP contribution < -0.4 is 0 Å². The van der Waals surface area contributed by atoms with E-state index in [2.05, 4.69) is 6.07 Å². The van der Waals surface area contributed by atoms with E-state index < -0.39 is 0 Å². The van der Waals surface area contributed by atoms with E-state index in [1.807, 2.05) is 6.08 Å². The first-order chi connectivity index (χ1) is 4.33. The zero-order chi connectivity index (χ0) is 6.69. The molecule has 2 unspecified atom stereocenters. The highest BCUT2D eigenvalue weighted by Gasteiger charge is 2.15. The van der Waals surface area contributed by atoms with Crippen molar-refractivity contribution in [1.82, 2.24) is 0 Å². The molecule has 0 aromatic rings. The maximum Gasteiger partial charge on any atom is 0.0727 e. The van der Waals surface area contributed by atoms with Gasteiger partial charge in [0.2, 0.25) is 0 Å². The summed E-state index contributed by atoms with van der Waals surface area (Å²) in [6, 6.07) is 2.07. The van der Waals surface area contributed by atoms with Crippen LogP contribution in [0.25, 0.3) is 0 Å². The molecule has 48 valence electrons. The maximum absolute atomic E-state index is 8.93. The van der Waals surface area contributed by atoms with Crippen LogP contribution in [-0.2, 0) is 0 Å². The Kier molecular flexibility index (Phi) is 1.86. The molecule has 0 heterocycles. The summed E-state index contributed by atoms with van der Waals surface area (Å²) in [5.41, 5.74) is 0. The zero-order valence-corrected chi connectivity index (χ0v) is 5.12. The van der Waals surface area contributed by atoms with E-state index in [4.69, 9.17) is 10.4 Å². The second-order valence-corrected chi connectivity index (χ2v) is 2.31. The van der Waals surface area contributed by atoms with E-state index in [0.717, 1.165) is 6.42 Å². The molecule has 1 aliphatic rings. The summed E-state index contributed by atoms with van der Waals surface area (Å²) >= 11 is 0. The summed E-state index contributed by atoms with van der Waals surface area (Å²) in [6.07, 6.45) is 4.63. The van der Waals surface area contributed by atoms with Crippen molar-refractivity contribution in [2.24, 2.45) is 5.92 Å². The molecule has 1 rings (SSSR count). The van der Waals surface area contributed by atoms with E-state index in [1.54, 1.807) is 6.08 Å². The van der Waals surface area contributed by atoms with E-state index >= 15 is 0 Å². The molecule has 1 aliphatic carbocycles. The van der Waals surface area contributed by atoms with Crippen LogP contribution in [0.1, 0.15) is 12.8 Å². The molecule has 0 saturated carbocycles. The summed E-state index contributed by atoms with van der Waals surface area (Å²) < 4.78 is 0. The Labute approximate surface area is 54.4 Å². The van der Waals surface area contributed by atoms with Crippen molar-refractivity contribution in [2.45, 2.75) is 18.9 Å². The van der Waals surface area contributed by atoms with Crippen LogP contribution in [0.2, 0.25) is 0 Å². The summed E-state index contributed by atoms with van der Waals surface area (Å²) in [7, 11) is 0. The number of aliphatic hydroxyl groups excluding tert-OH is 1. The molecule has 0 bridgehead atoms. The molecular weight excluding hydrogens is 114 g/mol. The summed E-state index contributed by atoms with van der Waals surface area (Å²) in [6.45, 7) is 0. The van der Waals surface area contributed by atoms with Crippen LogP contribution in [0, 0.1) is 17.2 Å². The number of aliphatic hydroxyl groups is 1. The fraction of sp³-hybridized carbons (Fsp3) is 0.571. The lowest BCUT2D eigenvalue weighted by Crippen LogP contribution is -2.00. The van der Waals surface area contributed by atoms with Crippen LogP contribution >= 0.6 is 0 Å². The quantitative estimate of drug-likeness (QED) is 0.525. The molecule has 0 aromatic carbocycles. The van der Waals surface area contributed by atoms with Gasteiger partial charge in [-0.05, 0) is 12.3 Å². The zero-order valence-electron chi connectivity index (χ0n) is 5.12. The minimum absolute atomic E-state index is 0.296. The SMILES string of the molecule is N#CCC1C=CC(O)C1. The second-order valence-electron chi connectivity index (χ2n) is 2.31. The van der Waals surface area contributed by atoms with E-state index in [0.29, 0.717) is 12.3 Å². The molecule has 0 aromatic heterocycles. The Morgan fingerprint density at radius 3 is 2.89 bits per heavy atom. The van der Waals surface area contributed by atoms with Crippen molar-refractivity contribution in [1.29, 1.82) is 5.26 Å². The van der Waals surface area contributed by atoms with Gasteiger partial charge in [-0.2, -0.15) is 5.26 Å². The molecule has 0 saturated heterocycles. The highest BCUT2D eigenvalue weighted by molar-refractivity contribution is 5.04. The number of nitrogens with zero attached hydrogens (tertiary/aromatic N) is 1. The van der Waals surface area contributed by atoms with Crippen molar-refractivity contribution in [3.8, 4) is 6.07 Å². The van der Waals surface area contributed by atoms with Crippen LogP contribution in [0.5, 0.6) is 0 Å². The Balaban J connectivity index is 2.34. The average molecular weight is 123 g/mol. The number of hydrogen-bond donors (Lipinski definition) is 1. The van der Waals surface area contributed by atoms with Gasteiger partial charge in [-0.15, -0.1) is 0 Å².